The van der Waals surface area contributed by atoms with Gasteiger partial charge in [0.05, 0.1) is 26.2 Å². The minimum absolute atomic E-state index is 1.35. The summed E-state index contributed by atoms with van der Waals surface area (Å²) < 4.78 is 138. The van der Waals surface area contributed by atoms with Crippen LogP contribution < -0.4 is 0 Å². The van der Waals surface area contributed by atoms with Crippen LogP contribution in [0.2, 0.25) is 0 Å². The van der Waals surface area contributed by atoms with Crippen LogP contribution in [0.1, 0.15) is 79.1 Å². The van der Waals surface area contributed by atoms with E-state index in [1.54, 1.807) is 0 Å². The number of quaternary nitrogens is 1. The molecule has 0 N–H and O–H groups in total. The molecule has 35 heavy (non-hydrogen) atoms. The van der Waals surface area contributed by atoms with Gasteiger partial charge in [-0.25, -0.2) is 13.2 Å². The topological polar surface area (TPSA) is 66.4 Å². The maximum Gasteiger partial charge on any atom is 0.483 e. The van der Waals surface area contributed by atoms with Crippen LogP contribution in [0.25, 0.3) is 0 Å². The van der Waals surface area contributed by atoms with Crippen LogP contribution in [0.3, 0.4) is 0 Å². The van der Waals surface area contributed by atoms with Gasteiger partial charge in [-0.1, -0.05) is 53.4 Å². The summed E-state index contributed by atoms with van der Waals surface area (Å²) in [6, 6.07) is 0. The minimum atomic E-state index is -7.24. The van der Waals surface area contributed by atoms with E-state index in [0.29, 0.717) is 0 Å². The fourth-order valence-electron chi connectivity index (χ4n) is 3.07. The highest BCUT2D eigenvalue weighted by molar-refractivity contribution is 7.86. The standard InChI is InChI=1S/C16H36N.C4HF9O4S/c1-5-9-13-17(14-10-6-2,15-11-7-3)16-12-8-4;5-1(6,7)2(8,9)17-3(10,11)4(12,13)18(14,15)16/h5-16H2,1-4H3;(H,14,15,16)/q+1;/p-1. The molecule has 0 aromatic carbocycles. The van der Waals surface area contributed by atoms with Crippen molar-refractivity contribution in [3.05, 3.63) is 0 Å². The third-order valence-electron chi connectivity index (χ3n) is 5.18. The van der Waals surface area contributed by atoms with Gasteiger partial charge in [0, 0.05) is 0 Å². The van der Waals surface area contributed by atoms with E-state index >= 15 is 0 Å². The first kappa shape index (κ1) is 36.4. The zero-order valence-electron chi connectivity index (χ0n) is 20.4. The summed E-state index contributed by atoms with van der Waals surface area (Å²) in [7, 11) is -7.24. The Kier molecular flexibility index (Phi) is 15.4. The van der Waals surface area contributed by atoms with Crippen molar-refractivity contribution < 1.29 is 61.7 Å². The van der Waals surface area contributed by atoms with E-state index in [1.165, 1.54) is 86.8 Å². The van der Waals surface area contributed by atoms with Crippen LogP contribution in [0.15, 0.2) is 0 Å². The van der Waals surface area contributed by atoms with Crippen molar-refractivity contribution in [1.29, 1.82) is 0 Å². The van der Waals surface area contributed by atoms with Gasteiger partial charge in [0.2, 0.25) is 0 Å². The van der Waals surface area contributed by atoms with E-state index in [4.69, 9.17) is 0 Å². The first-order valence-corrected chi connectivity index (χ1v) is 12.8. The SMILES string of the molecule is CCCC[N+](CCCC)(CCCC)CCCC.O=S(=O)([O-])C(F)(F)C(F)(F)OC(F)(F)C(F)(F)F. The number of hydrogen-bond donors (Lipinski definition) is 0. The minimum Gasteiger partial charge on any atom is -0.743 e. The molecule has 0 atom stereocenters. The predicted octanol–water partition coefficient (Wildman–Crippen LogP) is 6.89. The Labute approximate surface area is 201 Å². The van der Waals surface area contributed by atoms with Gasteiger partial charge in [0.15, 0.2) is 10.1 Å². The Morgan fingerprint density at radius 1 is 0.629 bits per heavy atom. The van der Waals surface area contributed by atoms with Gasteiger partial charge in [-0.05, 0) is 25.7 Å². The average molecular weight is 558 g/mol. The zero-order chi connectivity index (χ0) is 28.2. The second-order valence-electron chi connectivity index (χ2n) is 8.25. The molecule has 5 nitrogen and oxygen atoms in total. The maximum atomic E-state index is 12.2. The molecule has 0 saturated carbocycles. The van der Waals surface area contributed by atoms with E-state index < -0.39 is 33.8 Å². The monoisotopic (exact) mass is 557 g/mol. The van der Waals surface area contributed by atoms with Crippen molar-refractivity contribution in [2.45, 2.75) is 103 Å². The molecule has 0 aliphatic rings. The Morgan fingerprint density at radius 3 is 1.11 bits per heavy atom. The zero-order valence-corrected chi connectivity index (χ0v) is 21.2. The van der Waals surface area contributed by atoms with E-state index in [-0.39, 0.29) is 0 Å². The molecule has 0 aromatic heterocycles. The second-order valence-corrected chi connectivity index (χ2v) is 9.68. The van der Waals surface area contributed by atoms with Gasteiger partial charge >= 0.3 is 23.6 Å². The van der Waals surface area contributed by atoms with Crippen LogP contribution in [0.4, 0.5) is 39.5 Å². The fraction of sp³-hybridized carbons (Fsp3) is 1.00. The van der Waals surface area contributed by atoms with Crippen molar-refractivity contribution >= 4 is 10.1 Å². The summed E-state index contributed by atoms with van der Waals surface area (Å²) in [4.78, 5) is 0. The van der Waals surface area contributed by atoms with Crippen LogP contribution >= 0.6 is 0 Å². The maximum absolute atomic E-state index is 12.2. The number of nitrogens with zero attached hydrogens (tertiary/aromatic N) is 1. The molecule has 0 aromatic rings. The average Bonchev–Trinajstić information content (AvgIpc) is 2.70. The third-order valence-corrected chi connectivity index (χ3v) is 6.05. The Balaban J connectivity index is 0. The lowest BCUT2D eigenvalue weighted by molar-refractivity contribution is -0.929. The van der Waals surface area contributed by atoms with Crippen LogP contribution in [0, 0.1) is 0 Å². The van der Waals surface area contributed by atoms with Gasteiger partial charge < -0.3 is 9.04 Å². The molecule has 0 heterocycles. The fourth-order valence-corrected chi connectivity index (χ4v) is 3.40. The van der Waals surface area contributed by atoms with Crippen molar-refractivity contribution in [1.82, 2.24) is 0 Å². The van der Waals surface area contributed by atoms with Crippen molar-refractivity contribution in [2.24, 2.45) is 0 Å². The molecular formula is C20H36F9NO4S. The number of ether oxygens (including phenoxy) is 1. The summed E-state index contributed by atoms with van der Waals surface area (Å²) in [5.74, 6) is 0. The Hall–Kier alpha value is -0.800. The number of halogens is 9. The molecule has 0 amide bonds. The number of unbranched alkanes of at least 4 members (excludes halogenated alkanes) is 4. The largest absolute Gasteiger partial charge is 0.743 e. The first-order valence-electron chi connectivity index (χ1n) is 11.4. The predicted molar refractivity (Wildman–Crippen MR) is 111 cm³/mol. The molecule has 15 heteroatoms. The van der Waals surface area contributed by atoms with Gasteiger partial charge in [-0.3, -0.25) is 0 Å². The molecule has 0 aliphatic heterocycles. The van der Waals surface area contributed by atoms with Crippen molar-refractivity contribution in [2.75, 3.05) is 26.2 Å². The molecular weight excluding hydrogens is 521 g/mol. The van der Waals surface area contributed by atoms with Crippen molar-refractivity contribution in [3.63, 3.8) is 0 Å². The number of hydrogen-bond acceptors (Lipinski definition) is 4. The van der Waals surface area contributed by atoms with Crippen LogP contribution in [0.5, 0.6) is 0 Å². The highest BCUT2D eigenvalue weighted by atomic mass is 32.2. The van der Waals surface area contributed by atoms with Crippen LogP contribution in [-0.4, -0.2) is 67.3 Å². The lowest BCUT2D eigenvalue weighted by atomic mass is 10.1. The normalized spacial score (nSPS) is 14.0. The van der Waals surface area contributed by atoms with E-state index in [0.717, 1.165) is 0 Å². The molecule has 0 spiro atoms. The lowest BCUT2D eigenvalue weighted by Gasteiger charge is -2.39. The third kappa shape index (κ3) is 11.9. The first-order chi connectivity index (χ1) is 15.7. The van der Waals surface area contributed by atoms with Crippen molar-refractivity contribution in [3.8, 4) is 0 Å². The number of rotatable bonds is 16. The van der Waals surface area contributed by atoms with Gasteiger partial charge in [0.1, 0.15) is 0 Å². The van der Waals surface area contributed by atoms with E-state index in [9.17, 15) is 52.5 Å². The van der Waals surface area contributed by atoms with E-state index in [2.05, 4.69) is 27.7 Å². The quantitative estimate of drug-likeness (QED) is 0.118. The molecule has 214 valence electrons. The smallest absolute Gasteiger partial charge is 0.483 e. The summed E-state index contributed by atoms with van der Waals surface area (Å²) in [5, 5.41) is -6.81. The van der Waals surface area contributed by atoms with Gasteiger partial charge in [0.25, 0.3) is 0 Å². The highest BCUT2D eigenvalue weighted by Crippen LogP contribution is 2.46. The van der Waals surface area contributed by atoms with E-state index in [1.807, 2.05) is 0 Å². The molecule has 0 fully saturated rings. The summed E-state index contributed by atoms with van der Waals surface area (Å²) >= 11 is 0. The summed E-state index contributed by atoms with van der Waals surface area (Å²) in [6.45, 7) is 15.0. The molecule has 0 bridgehead atoms. The molecule has 0 unspecified atom stereocenters. The molecule has 0 saturated heterocycles. The summed E-state index contributed by atoms with van der Waals surface area (Å²) in [6.07, 6.45) is -9.43. The van der Waals surface area contributed by atoms with Crippen LogP contribution in [-0.2, 0) is 14.9 Å². The number of alkyl halides is 9. The lowest BCUT2D eigenvalue weighted by Crippen LogP contribution is -2.54. The van der Waals surface area contributed by atoms with Gasteiger partial charge in [-0.2, -0.15) is 39.5 Å². The second kappa shape index (κ2) is 14.8. The highest BCUT2D eigenvalue weighted by Gasteiger charge is 2.72. The molecule has 0 rings (SSSR count). The Bertz CT molecular complexity index is 649. The molecule has 0 aliphatic carbocycles. The van der Waals surface area contributed by atoms with Gasteiger partial charge in [-0.15, -0.1) is 0 Å². The Morgan fingerprint density at radius 2 is 0.914 bits per heavy atom. The summed E-state index contributed by atoms with van der Waals surface area (Å²) in [5.41, 5.74) is 0. The molecule has 0 radical (unpaired) electrons.